The van der Waals surface area contributed by atoms with Crippen LogP contribution in [0.15, 0.2) is 53.7 Å². The molecule has 1 saturated heterocycles. The molecule has 4 rings (SSSR count). The predicted molar refractivity (Wildman–Crippen MR) is 124 cm³/mol. The molecule has 7 nitrogen and oxygen atoms in total. The lowest BCUT2D eigenvalue weighted by Crippen LogP contribution is -2.45. The summed E-state index contributed by atoms with van der Waals surface area (Å²) in [7, 11) is 1.76. The fourth-order valence-corrected chi connectivity index (χ4v) is 4.50. The normalized spacial score (nSPS) is 18.6. The van der Waals surface area contributed by atoms with E-state index < -0.39 is 0 Å². The quantitative estimate of drug-likeness (QED) is 0.567. The number of thioether (sulfide) groups is 1. The number of halogens is 1. The third-order valence-corrected chi connectivity index (χ3v) is 6.24. The van der Waals surface area contributed by atoms with E-state index in [2.05, 4.69) is 34.3 Å². The van der Waals surface area contributed by atoms with Crippen molar-refractivity contribution in [3.8, 4) is 11.4 Å². The van der Waals surface area contributed by atoms with Crippen molar-refractivity contribution >= 4 is 29.0 Å². The summed E-state index contributed by atoms with van der Waals surface area (Å²) in [6, 6.07) is 14.2. The van der Waals surface area contributed by atoms with E-state index in [1.807, 2.05) is 24.3 Å². The van der Waals surface area contributed by atoms with Gasteiger partial charge in [0.1, 0.15) is 5.82 Å². The Morgan fingerprint density at radius 1 is 1.12 bits per heavy atom. The number of hydrogen-bond donors (Lipinski definition) is 1. The van der Waals surface area contributed by atoms with Crippen LogP contribution in [-0.4, -0.2) is 51.7 Å². The standard InChI is InChI=1S/C23H26FN5O2S/c1-15-12-29(13-16(2)31-15)18-10-8-17(9-11-18)25-21(30)14-32-23-27-26-22(28(23)3)19-6-4-5-7-20(19)24/h4-11,15-16H,12-14H2,1-3H3,(H,25,30). The average molecular weight is 456 g/mol. The summed E-state index contributed by atoms with van der Waals surface area (Å²) in [5.74, 6) is 0.0885. The van der Waals surface area contributed by atoms with Gasteiger partial charge < -0.3 is 19.5 Å². The number of amides is 1. The predicted octanol–water partition coefficient (Wildman–Crippen LogP) is 3.97. The van der Waals surface area contributed by atoms with Crippen LogP contribution in [0.3, 0.4) is 0 Å². The van der Waals surface area contributed by atoms with Crippen molar-refractivity contribution in [3.05, 3.63) is 54.3 Å². The lowest BCUT2D eigenvalue weighted by atomic mass is 10.2. The Morgan fingerprint density at radius 2 is 1.81 bits per heavy atom. The van der Waals surface area contributed by atoms with Gasteiger partial charge >= 0.3 is 0 Å². The van der Waals surface area contributed by atoms with Gasteiger partial charge in [-0.25, -0.2) is 4.39 Å². The fourth-order valence-electron chi connectivity index (χ4n) is 3.79. The Kier molecular flexibility index (Phi) is 6.76. The van der Waals surface area contributed by atoms with E-state index in [-0.39, 0.29) is 29.7 Å². The lowest BCUT2D eigenvalue weighted by molar-refractivity contribution is -0.113. The van der Waals surface area contributed by atoms with Gasteiger partial charge in [-0.15, -0.1) is 10.2 Å². The molecule has 0 radical (unpaired) electrons. The van der Waals surface area contributed by atoms with Crippen molar-refractivity contribution < 1.29 is 13.9 Å². The summed E-state index contributed by atoms with van der Waals surface area (Å²) >= 11 is 1.25. The highest BCUT2D eigenvalue weighted by Crippen LogP contribution is 2.25. The van der Waals surface area contributed by atoms with Crippen LogP contribution in [0.25, 0.3) is 11.4 Å². The molecule has 1 aromatic heterocycles. The van der Waals surface area contributed by atoms with E-state index >= 15 is 0 Å². The molecule has 0 aliphatic carbocycles. The van der Waals surface area contributed by atoms with Crippen LogP contribution in [0.4, 0.5) is 15.8 Å². The van der Waals surface area contributed by atoms with Crippen LogP contribution in [0.2, 0.25) is 0 Å². The van der Waals surface area contributed by atoms with Gasteiger partial charge in [0.05, 0.1) is 23.5 Å². The van der Waals surface area contributed by atoms with Crippen LogP contribution < -0.4 is 10.2 Å². The van der Waals surface area contributed by atoms with Gasteiger partial charge in [-0.05, 0) is 50.2 Å². The topological polar surface area (TPSA) is 72.3 Å². The molecule has 1 amide bonds. The molecule has 2 atom stereocenters. The molecule has 1 fully saturated rings. The highest BCUT2D eigenvalue weighted by atomic mass is 32.2. The van der Waals surface area contributed by atoms with Crippen LogP contribution in [0.5, 0.6) is 0 Å². The Hall–Kier alpha value is -2.91. The molecule has 0 saturated carbocycles. The summed E-state index contributed by atoms with van der Waals surface area (Å²) in [5.41, 5.74) is 2.22. The van der Waals surface area contributed by atoms with Crippen molar-refractivity contribution in [1.82, 2.24) is 14.8 Å². The highest BCUT2D eigenvalue weighted by Gasteiger charge is 2.22. The average Bonchev–Trinajstić information content (AvgIpc) is 3.12. The molecule has 9 heteroatoms. The molecule has 1 aliphatic heterocycles. The Labute approximate surface area is 191 Å². The van der Waals surface area contributed by atoms with Crippen LogP contribution in [-0.2, 0) is 16.6 Å². The number of aromatic nitrogens is 3. The molecule has 32 heavy (non-hydrogen) atoms. The Bertz CT molecular complexity index is 1080. The number of carbonyl (C=O) groups excluding carboxylic acids is 1. The summed E-state index contributed by atoms with van der Waals surface area (Å²) in [5, 5.41) is 11.6. The number of ether oxygens (including phenoxy) is 1. The summed E-state index contributed by atoms with van der Waals surface area (Å²) in [6.45, 7) is 5.84. The van der Waals surface area contributed by atoms with Crippen molar-refractivity contribution in [2.75, 3.05) is 29.1 Å². The largest absolute Gasteiger partial charge is 0.372 e. The second-order valence-electron chi connectivity index (χ2n) is 7.89. The van der Waals surface area contributed by atoms with Gasteiger partial charge in [0.2, 0.25) is 5.91 Å². The zero-order valence-electron chi connectivity index (χ0n) is 18.3. The monoisotopic (exact) mass is 455 g/mol. The number of morpholine rings is 1. The molecule has 2 aromatic carbocycles. The number of nitrogens with zero attached hydrogens (tertiary/aromatic N) is 4. The third-order valence-electron chi connectivity index (χ3n) is 5.22. The maximum atomic E-state index is 14.0. The molecule has 2 heterocycles. The van der Waals surface area contributed by atoms with Crippen LogP contribution >= 0.6 is 11.8 Å². The molecule has 0 bridgehead atoms. The number of carbonyl (C=O) groups is 1. The van der Waals surface area contributed by atoms with Crippen molar-refractivity contribution in [2.24, 2.45) is 7.05 Å². The molecule has 168 valence electrons. The SMILES string of the molecule is CC1CN(c2ccc(NC(=O)CSc3nnc(-c4ccccc4F)n3C)cc2)CC(C)O1. The molecular weight excluding hydrogens is 429 g/mol. The number of nitrogens with one attached hydrogen (secondary N) is 1. The van der Waals surface area contributed by atoms with Crippen molar-refractivity contribution in [2.45, 2.75) is 31.2 Å². The van der Waals surface area contributed by atoms with E-state index in [1.165, 1.54) is 17.8 Å². The van der Waals surface area contributed by atoms with Crippen molar-refractivity contribution in [1.29, 1.82) is 0 Å². The van der Waals surface area contributed by atoms with Gasteiger partial charge in [-0.3, -0.25) is 4.79 Å². The highest BCUT2D eigenvalue weighted by molar-refractivity contribution is 7.99. The smallest absolute Gasteiger partial charge is 0.234 e. The number of anilines is 2. The number of benzene rings is 2. The fraction of sp³-hybridized carbons (Fsp3) is 0.348. The summed E-state index contributed by atoms with van der Waals surface area (Å²) < 4.78 is 21.5. The second-order valence-corrected chi connectivity index (χ2v) is 8.83. The Balaban J connectivity index is 1.33. The maximum Gasteiger partial charge on any atom is 0.234 e. The van der Waals surface area contributed by atoms with Gasteiger partial charge in [0.25, 0.3) is 0 Å². The summed E-state index contributed by atoms with van der Waals surface area (Å²) in [4.78, 5) is 14.7. The minimum absolute atomic E-state index is 0.146. The minimum Gasteiger partial charge on any atom is -0.372 e. The third kappa shape index (κ3) is 5.11. The lowest BCUT2D eigenvalue weighted by Gasteiger charge is -2.36. The first-order valence-electron chi connectivity index (χ1n) is 10.5. The number of hydrogen-bond acceptors (Lipinski definition) is 6. The first-order chi connectivity index (χ1) is 15.4. The zero-order valence-corrected chi connectivity index (χ0v) is 19.1. The number of rotatable bonds is 6. The molecule has 0 spiro atoms. The van der Waals surface area contributed by atoms with E-state index in [0.717, 1.165) is 24.5 Å². The maximum absolute atomic E-state index is 14.0. The molecular formula is C23H26FN5O2S. The van der Waals surface area contributed by atoms with Crippen molar-refractivity contribution in [3.63, 3.8) is 0 Å². The minimum atomic E-state index is -0.360. The van der Waals surface area contributed by atoms with Crippen LogP contribution in [0, 0.1) is 5.82 Å². The molecule has 1 aliphatic rings. The first kappa shape index (κ1) is 22.3. The second kappa shape index (κ2) is 9.70. The zero-order chi connectivity index (χ0) is 22.7. The van der Waals surface area contributed by atoms with E-state index in [0.29, 0.717) is 16.5 Å². The van der Waals surface area contributed by atoms with E-state index in [1.54, 1.807) is 29.8 Å². The Morgan fingerprint density at radius 3 is 2.50 bits per heavy atom. The summed E-state index contributed by atoms with van der Waals surface area (Å²) in [6.07, 6.45) is 0.379. The molecule has 1 N–H and O–H groups in total. The molecule has 2 unspecified atom stereocenters. The van der Waals surface area contributed by atoms with Crippen LogP contribution in [0.1, 0.15) is 13.8 Å². The van der Waals surface area contributed by atoms with E-state index in [4.69, 9.17) is 4.74 Å². The van der Waals surface area contributed by atoms with E-state index in [9.17, 15) is 9.18 Å². The van der Waals surface area contributed by atoms with Gasteiger partial charge in [0.15, 0.2) is 11.0 Å². The van der Waals surface area contributed by atoms with Gasteiger partial charge in [-0.1, -0.05) is 23.9 Å². The molecule has 3 aromatic rings. The van der Waals surface area contributed by atoms with Gasteiger partial charge in [0, 0.05) is 31.5 Å². The first-order valence-corrected chi connectivity index (χ1v) is 11.5. The van der Waals surface area contributed by atoms with Gasteiger partial charge in [-0.2, -0.15) is 0 Å².